The predicted molar refractivity (Wildman–Crippen MR) is 60.0 cm³/mol. The molecule has 2 aromatic rings. The third-order valence-corrected chi connectivity index (χ3v) is 2.37. The first-order valence-corrected chi connectivity index (χ1v) is 5.02. The number of halogens is 2. The quantitative estimate of drug-likeness (QED) is 0.781. The Morgan fingerprint density at radius 3 is 2.31 bits per heavy atom. The van der Waals surface area contributed by atoms with Crippen LogP contribution in [0.3, 0.4) is 0 Å². The van der Waals surface area contributed by atoms with E-state index in [9.17, 15) is 0 Å². The molecule has 1 aromatic carbocycles. The Labute approximate surface area is 101 Å². The zero-order valence-electron chi connectivity index (χ0n) is 7.85. The van der Waals surface area contributed by atoms with E-state index >= 15 is 0 Å². The van der Waals surface area contributed by atoms with Crippen LogP contribution in [-0.4, -0.2) is 15.2 Å². The summed E-state index contributed by atoms with van der Waals surface area (Å²) in [6, 6.07) is 8.73. The Bertz CT molecular complexity index is 560. The van der Waals surface area contributed by atoms with Crippen molar-refractivity contribution in [3.8, 4) is 17.5 Å². The summed E-state index contributed by atoms with van der Waals surface area (Å²) in [6.45, 7) is 0. The van der Waals surface area contributed by atoms with E-state index in [4.69, 9.17) is 28.5 Å². The molecule has 4 nitrogen and oxygen atoms in total. The molecule has 0 N–H and O–H groups in total. The van der Waals surface area contributed by atoms with Gasteiger partial charge in [0.05, 0.1) is 0 Å². The van der Waals surface area contributed by atoms with E-state index in [-0.39, 0.29) is 10.8 Å². The fraction of sp³-hybridized carbons (Fsp3) is 0. The Morgan fingerprint density at radius 1 is 1.06 bits per heavy atom. The van der Waals surface area contributed by atoms with E-state index < -0.39 is 0 Å². The Kier molecular flexibility index (Phi) is 3.00. The van der Waals surface area contributed by atoms with Crippen LogP contribution in [0.2, 0.25) is 10.2 Å². The van der Waals surface area contributed by atoms with Crippen LogP contribution in [0.25, 0.3) is 11.4 Å². The van der Waals surface area contributed by atoms with Gasteiger partial charge in [-0.2, -0.15) is 5.26 Å². The van der Waals surface area contributed by atoms with Gasteiger partial charge in [-0.05, 0) is 24.3 Å². The van der Waals surface area contributed by atoms with Crippen LogP contribution in [0.4, 0.5) is 0 Å². The van der Waals surface area contributed by atoms with E-state index in [0.717, 1.165) is 5.56 Å². The van der Waals surface area contributed by atoms with Crippen LogP contribution in [0.15, 0.2) is 24.3 Å². The lowest BCUT2D eigenvalue weighted by Gasteiger charge is -1.99. The van der Waals surface area contributed by atoms with Gasteiger partial charge in [0.2, 0.25) is 0 Å². The Hall–Kier alpha value is -1.70. The molecule has 0 atom stereocenters. The molecule has 0 saturated heterocycles. The number of nitrogens with zero attached hydrogens (tertiary/aromatic N) is 4. The number of nitriles is 1. The summed E-state index contributed by atoms with van der Waals surface area (Å²) in [5, 5.41) is 16.7. The molecule has 78 valence electrons. The van der Waals surface area contributed by atoms with Gasteiger partial charge in [-0.3, -0.25) is 0 Å². The summed E-state index contributed by atoms with van der Waals surface area (Å²) in [5.41, 5.74) is 0.752. The van der Waals surface area contributed by atoms with Gasteiger partial charge >= 0.3 is 0 Å². The molecule has 1 aromatic heterocycles. The molecular formula is C10H4Cl2N4. The normalized spacial score (nSPS) is 9.81. The fourth-order valence-electron chi connectivity index (χ4n) is 1.10. The van der Waals surface area contributed by atoms with Gasteiger partial charge in [0.25, 0.3) is 0 Å². The first-order chi connectivity index (χ1) is 7.70. The summed E-state index contributed by atoms with van der Waals surface area (Å²) >= 11 is 11.5. The van der Waals surface area contributed by atoms with Crippen molar-refractivity contribution in [2.45, 2.75) is 0 Å². The van der Waals surface area contributed by atoms with Crippen molar-refractivity contribution in [2.75, 3.05) is 0 Å². The van der Waals surface area contributed by atoms with Crippen molar-refractivity contribution < 1.29 is 0 Å². The fourth-order valence-corrected chi connectivity index (χ4v) is 1.38. The van der Waals surface area contributed by atoms with Crippen LogP contribution in [0.1, 0.15) is 5.69 Å². The molecule has 0 aliphatic rings. The minimum atomic E-state index is 0.0133. The second kappa shape index (κ2) is 4.44. The number of benzene rings is 1. The zero-order chi connectivity index (χ0) is 11.5. The summed E-state index contributed by atoms with van der Waals surface area (Å²) in [7, 11) is 0. The molecule has 0 unspecified atom stereocenters. The first-order valence-electron chi connectivity index (χ1n) is 4.27. The number of rotatable bonds is 1. The molecular weight excluding hydrogens is 247 g/mol. The van der Waals surface area contributed by atoms with Crippen LogP contribution < -0.4 is 0 Å². The van der Waals surface area contributed by atoms with E-state index in [1.54, 1.807) is 30.3 Å². The topological polar surface area (TPSA) is 62.5 Å². The van der Waals surface area contributed by atoms with Crippen LogP contribution >= 0.6 is 23.2 Å². The molecule has 0 amide bonds. The average Bonchev–Trinajstić information content (AvgIpc) is 2.30. The van der Waals surface area contributed by atoms with Crippen molar-refractivity contribution >= 4 is 23.2 Å². The van der Waals surface area contributed by atoms with Crippen molar-refractivity contribution in [2.24, 2.45) is 0 Å². The summed E-state index contributed by atoms with van der Waals surface area (Å²) in [4.78, 5) is 3.97. The summed E-state index contributed by atoms with van der Waals surface area (Å²) in [5.74, 6) is 0.362. The number of hydrogen-bond acceptors (Lipinski definition) is 4. The number of aromatic nitrogens is 3. The van der Waals surface area contributed by atoms with Crippen molar-refractivity contribution in [3.05, 3.63) is 40.1 Å². The monoisotopic (exact) mass is 250 g/mol. The van der Waals surface area contributed by atoms with E-state index in [2.05, 4.69) is 15.2 Å². The number of hydrogen-bond donors (Lipinski definition) is 0. The lowest BCUT2D eigenvalue weighted by molar-refractivity contribution is 0.961. The van der Waals surface area contributed by atoms with Gasteiger partial charge in [0.15, 0.2) is 16.7 Å². The average molecular weight is 251 g/mol. The summed E-state index contributed by atoms with van der Waals surface area (Å²) in [6.07, 6.45) is 0. The van der Waals surface area contributed by atoms with E-state index in [1.165, 1.54) is 0 Å². The van der Waals surface area contributed by atoms with E-state index in [0.29, 0.717) is 10.8 Å². The highest BCUT2D eigenvalue weighted by molar-refractivity contribution is 6.30. The molecule has 1 heterocycles. The molecule has 16 heavy (non-hydrogen) atoms. The highest BCUT2D eigenvalue weighted by Crippen LogP contribution is 2.19. The van der Waals surface area contributed by atoms with Crippen molar-refractivity contribution in [3.63, 3.8) is 0 Å². The van der Waals surface area contributed by atoms with Crippen molar-refractivity contribution in [1.82, 2.24) is 15.2 Å². The van der Waals surface area contributed by atoms with Gasteiger partial charge in [-0.25, -0.2) is 4.98 Å². The SMILES string of the molecule is N#Cc1nnc(-c2ccc(Cl)cc2)nc1Cl. The van der Waals surface area contributed by atoms with Crippen molar-refractivity contribution in [1.29, 1.82) is 5.26 Å². The largest absolute Gasteiger partial charge is 0.211 e. The van der Waals surface area contributed by atoms with Crippen LogP contribution in [0, 0.1) is 11.3 Å². The highest BCUT2D eigenvalue weighted by Gasteiger charge is 2.07. The second-order valence-electron chi connectivity index (χ2n) is 2.89. The third-order valence-electron chi connectivity index (χ3n) is 1.85. The molecule has 0 fully saturated rings. The molecule has 0 aliphatic carbocycles. The Balaban J connectivity index is 2.46. The third kappa shape index (κ3) is 2.11. The lowest BCUT2D eigenvalue weighted by Crippen LogP contribution is -1.96. The minimum Gasteiger partial charge on any atom is -0.211 e. The standard InChI is InChI=1S/C10H4Cl2N4/c11-7-3-1-6(2-4-7)10-14-9(12)8(5-13)15-16-10/h1-4H. The van der Waals surface area contributed by atoms with Gasteiger partial charge in [0, 0.05) is 10.6 Å². The second-order valence-corrected chi connectivity index (χ2v) is 3.69. The maximum absolute atomic E-state index is 8.62. The lowest BCUT2D eigenvalue weighted by atomic mass is 10.2. The highest BCUT2D eigenvalue weighted by atomic mass is 35.5. The van der Waals surface area contributed by atoms with Gasteiger partial charge in [0.1, 0.15) is 6.07 Å². The van der Waals surface area contributed by atoms with Gasteiger partial charge < -0.3 is 0 Å². The minimum absolute atomic E-state index is 0.0133. The molecule has 6 heteroatoms. The van der Waals surface area contributed by atoms with Crippen LogP contribution in [-0.2, 0) is 0 Å². The van der Waals surface area contributed by atoms with Crippen LogP contribution in [0.5, 0.6) is 0 Å². The Morgan fingerprint density at radius 2 is 1.75 bits per heavy atom. The molecule has 0 bridgehead atoms. The van der Waals surface area contributed by atoms with E-state index in [1.807, 2.05) is 0 Å². The van der Waals surface area contributed by atoms with Gasteiger partial charge in [-0.1, -0.05) is 23.2 Å². The molecule has 2 rings (SSSR count). The first kappa shape index (κ1) is 10.8. The van der Waals surface area contributed by atoms with Gasteiger partial charge in [-0.15, -0.1) is 10.2 Å². The summed E-state index contributed by atoms with van der Waals surface area (Å²) < 4.78 is 0. The maximum Gasteiger partial charge on any atom is 0.200 e. The molecule has 0 spiro atoms. The molecule has 0 radical (unpaired) electrons. The smallest absolute Gasteiger partial charge is 0.200 e. The zero-order valence-corrected chi connectivity index (χ0v) is 9.37. The maximum atomic E-state index is 8.62. The predicted octanol–water partition coefficient (Wildman–Crippen LogP) is 2.72. The molecule has 0 saturated carbocycles. The molecule has 0 aliphatic heterocycles.